The molecule has 1 N–H and O–H groups in total. The molecule has 1 rings (SSSR count). The van der Waals surface area contributed by atoms with Crippen LogP contribution in [0, 0.1) is 12.8 Å². The lowest BCUT2D eigenvalue weighted by molar-refractivity contribution is -0.141. The van der Waals surface area contributed by atoms with Gasteiger partial charge in [-0.25, -0.2) is 12.7 Å². The minimum Gasteiger partial charge on any atom is -0.481 e. The average Bonchev–Trinajstić information content (AvgIpc) is 2.37. The monoisotopic (exact) mass is 339 g/mol. The molecule has 0 fully saturated rings. The van der Waals surface area contributed by atoms with Gasteiger partial charge in [-0.15, -0.1) is 0 Å². The van der Waals surface area contributed by atoms with E-state index < -0.39 is 38.5 Å². The van der Waals surface area contributed by atoms with E-state index in [9.17, 15) is 26.4 Å². The standard InChI is InChI=1S/C13H16F3NO4S/c1-8-4-5-10(6-11(8)13(14,15)16)22(20,21)17(3)7-9(2)12(18)19/h4-6,9H,7H2,1-3H3,(H,18,19). The van der Waals surface area contributed by atoms with Gasteiger partial charge in [0.2, 0.25) is 10.0 Å². The SMILES string of the molecule is Cc1ccc(S(=O)(=O)N(C)CC(C)C(=O)O)cc1C(F)(F)F. The number of halogens is 3. The molecule has 0 bridgehead atoms. The van der Waals surface area contributed by atoms with E-state index in [1.165, 1.54) is 13.8 Å². The molecule has 1 aromatic carbocycles. The third kappa shape index (κ3) is 3.98. The maximum Gasteiger partial charge on any atom is 0.416 e. The van der Waals surface area contributed by atoms with Gasteiger partial charge in [0.25, 0.3) is 0 Å². The van der Waals surface area contributed by atoms with Crippen molar-refractivity contribution in [3.05, 3.63) is 29.3 Å². The normalized spacial score (nSPS) is 14.1. The van der Waals surface area contributed by atoms with Crippen LogP contribution in [0.25, 0.3) is 0 Å². The van der Waals surface area contributed by atoms with Gasteiger partial charge in [0, 0.05) is 13.6 Å². The number of aliphatic carboxylic acids is 1. The van der Waals surface area contributed by atoms with Crippen LogP contribution in [0.2, 0.25) is 0 Å². The lowest BCUT2D eigenvalue weighted by Crippen LogP contribution is -2.33. The summed E-state index contributed by atoms with van der Waals surface area (Å²) in [6.45, 7) is 2.20. The first-order valence-electron chi connectivity index (χ1n) is 6.24. The molecule has 1 unspecified atom stereocenters. The predicted octanol–water partition coefficient (Wildman–Crippen LogP) is 2.36. The summed E-state index contributed by atoms with van der Waals surface area (Å²) in [7, 11) is -3.07. The number of alkyl halides is 3. The van der Waals surface area contributed by atoms with Gasteiger partial charge in [0.05, 0.1) is 16.4 Å². The number of benzene rings is 1. The number of nitrogens with zero attached hydrogens (tertiary/aromatic N) is 1. The maximum absolute atomic E-state index is 12.8. The molecule has 0 aromatic heterocycles. The summed E-state index contributed by atoms with van der Waals surface area (Å²) >= 11 is 0. The van der Waals surface area contributed by atoms with Crippen LogP contribution in [0.1, 0.15) is 18.1 Å². The summed E-state index contributed by atoms with van der Waals surface area (Å²) in [5, 5.41) is 8.78. The highest BCUT2D eigenvalue weighted by Gasteiger charge is 2.34. The van der Waals surface area contributed by atoms with Crippen LogP contribution in [0.15, 0.2) is 23.1 Å². The minimum atomic E-state index is -4.66. The van der Waals surface area contributed by atoms with Crippen LogP contribution >= 0.6 is 0 Å². The number of carboxylic acids is 1. The third-order valence-corrected chi connectivity index (χ3v) is 4.99. The largest absolute Gasteiger partial charge is 0.481 e. The Morgan fingerprint density at radius 1 is 1.36 bits per heavy atom. The Kier molecular flexibility index (Phi) is 5.24. The van der Waals surface area contributed by atoms with Crippen LogP contribution in [-0.2, 0) is 21.0 Å². The number of rotatable bonds is 5. The molecule has 0 amide bonds. The second kappa shape index (κ2) is 6.25. The van der Waals surface area contributed by atoms with Crippen LogP contribution in [0.4, 0.5) is 13.2 Å². The van der Waals surface area contributed by atoms with Crippen LogP contribution in [0.5, 0.6) is 0 Å². The zero-order valence-electron chi connectivity index (χ0n) is 12.2. The van der Waals surface area contributed by atoms with Crippen molar-refractivity contribution in [2.24, 2.45) is 5.92 Å². The topological polar surface area (TPSA) is 74.7 Å². The summed E-state index contributed by atoms with van der Waals surface area (Å²) in [5.74, 6) is -2.17. The molecular formula is C13H16F3NO4S. The molecule has 22 heavy (non-hydrogen) atoms. The Morgan fingerprint density at radius 3 is 2.36 bits per heavy atom. The van der Waals surface area contributed by atoms with Gasteiger partial charge in [0.15, 0.2) is 0 Å². The quantitative estimate of drug-likeness (QED) is 0.894. The number of carboxylic acid groups (broad SMARTS) is 1. The van der Waals surface area contributed by atoms with Crippen LogP contribution < -0.4 is 0 Å². The number of carbonyl (C=O) groups is 1. The molecule has 0 aliphatic carbocycles. The summed E-state index contributed by atoms with van der Waals surface area (Å²) in [4.78, 5) is 10.2. The molecule has 124 valence electrons. The van der Waals surface area contributed by atoms with E-state index in [1.807, 2.05) is 0 Å². The number of hydrogen-bond donors (Lipinski definition) is 1. The minimum absolute atomic E-state index is 0.0898. The molecule has 0 aliphatic heterocycles. The Balaban J connectivity index is 3.21. The van der Waals surface area contributed by atoms with Crippen molar-refractivity contribution in [2.75, 3.05) is 13.6 Å². The molecule has 0 heterocycles. The molecule has 1 aromatic rings. The van der Waals surface area contributed by atoms with E-state index in [1.54, 1.807) is 0 Å². The van der Waals surface area contributed by atoms with E-state index in [0.717, 1.165) is 23.5 Å². The molecule has 0 spiro atoms. The zero-order chi connectivity index (χ0) is 17.3. The molecule has 0 aliphatic rings. The van der Waals surface area contributed by atoms with Crippen molar-refractivity contribution in [1.82, 2.24) is 4.31 Å². The first kappa shape index (κ1) is 18.4. The maximum atomic E-state index is 12.8. The molecule has 0 saturated carbocycles. The van der Waals surface area contributed by atoms with Gasteiger partial charge >= 0.3 is 12.1 Å². The van der Waals surface area contributed by atoms with E-state index in [-0.39, 0.29) is 12.1 Å². The van der Waals surface area contributed by atoms with Gasteiger partial charge < -0.3 is 5.11 Å². The number of aryl methyl sites for hydroxylation is 1. The summed E-state index contributed by atoms with van der Waals surface area (Å²) in [6.07, 6.45) is -4.66. The van der Waals surface area contributed by atoms with E-state index >= 15 is 0 Å². The second-order valence-corrected chi connectivity index (χ2v) is 7.04. The molecule has 0 radical (unpaired) electrons. The number of sulfonamides is 1. The van der Waals surface area contributed by atoms with Crippen molar-refractivity contribution in [3.8, 4) is 0 Å². The average molecular weight is 339 g/mol. The lowest BCUT2D eigenvalue weighted by atomic mass is 10.1. The fraction of sp³-hybridized carbons (Fsp3) is 0.462. The van der Waals surface area contributed by atoms with E-state index in [2.05, 4.69) is 0 Å². The Bertz CT molecular complexity index is 670. The van der Waals surface area contributed by atoms with Gasteiger partial charge in [0.1, 0.15) is 0 Å². The van der Waals surface area contributed by atoms with Gasteiger partial charge in [-0.1, -0.05) is 13.0 Å². The summed E-state index contributed by atoms with van der Waals surface area (Å²) < 4.78 is 63.8. The molecule has 5 nitrogen and oxygen atoms in total. The predicted molar refractivity (Wildman–Crippen MR) is 72.8 cm³/mol. The van der Waals surface area contributed by atoms with Gasteiger partial charge in [-0.05, 0) is 24.6 Å². The van der Waals surface area contributed by atoms with E-state index in [0.29, 0.717) is 6.07 Å². The number of hydrogen-bond acceptors (Lipinski definition) is 3. The highest BCUT2D eigenvalue weighted by atomic mass is 32.2. The first-order valence-corrected chi connectivity index (χ1v) is 7.68. The highest BCUT2D eigenvalue weighted by Crippen LogP contribution is 2.33. The molecular weight excluding hydrogens is 323 g/mol. The summed E-state index contributed by atoms with van der Waals surface area (Å²) in [5.41, 5.74) is -1.12. The lowest BCUT2D eigenvalue weighted by Gasteiger charge is -2.20. The zero-order valence-corrected chi connectivity index (χ0v) is 13.0. The smallest absolute Gasteiger partial charge is 0.416 e. The Hall–Kier alpha value is -1.61. The second-order valence-electron chi connectivity index (χ2n) is 5.00. The van der Waals surface area contributed by atoms with Crippen LogP contribution in [0.3, 0.4) is 0 Å². The van der Waals surface area contributed by atoms with Crippen LogP contribution in [-0.4, -0.2) is 37.4 Å². The first-order chi connectivity index (χ1) is 9.87. The summed E-state index contributed by atoms with van der Waals surface area (Å²) in [6, 6.07) is 2.71. The van der Waals surface area contributed by atoms with Crippen molar-refractivity contribution < 1.29 is 31.5 Å². The van der Waals surface area contributed by atoms with E-state index in [4.69, 9.17) is 5.11 Å². The fourth-order valence-corrected chi connectivity index (χ4v) is 3.10. The Labute approximate surface area is 126 Å². The Morgan fingerprint density at radius 2 is 1.91 bits per heavy atom. The van der Waals surface area contributed by atoms with Gasteiger partial charge in [-0.2, -0.15) is 13.2 Å². The molecule has 1 atom stereocenters. The highest BCUT2D eigenvalue weighted by molar-refractivity contribution is 7.89. The molecule has 0 saturated heterocycles. The van der Waals surface area contributed by atoms with Crippen molar-refractivity contribution in [2.45, 2.75) is 24.9 Å². The van der Waals surface area contributed by atoms with Crippen molar-refractivity contribution >= 4 is 16.0 Å². The fourth-order valence-electron chi connectivity index (χ4n) is 1.81. The van der Waals surface area contributed by atoms with Gasteiger partial charge in [-0.3, -0.25) is 4.79 Å². The van der Waals surface area contributed by atoms with Crippen molar-refractivity contribution in [1.29, 1.82) is 0 Å². The molecule has 9 heteroatoms. The van der Waals surface area contributed by atoms with Crippen molar-refractivity contribution in [3.63, 3.8) is 0 Å². The third-order valence-electron chi connectivity index (χ3n) is 3.18.